The van der Waals surface area contributed by atoms with E-state index in [1.165, 1.54) is 16.5 Å². The molecule has 0 radical (unpaired) electrons. The summed E-state index contributed by atoms with van der Waals surface area (Å²) in [7, 11) is 0. The van der Waals surface area contributed by atoms with Gasteiger partial charge in [-0.05, 0) is 31.5 Å². The van der Waals surface area contributed by atoms with Gasteiger partial charge in [-0.1, -0.05) is 25.1 Å². The molecule has 3 aromatic rings. The third kappa shape index (κ3) is 4.06. The Hall–Kier alpha value is -2.60. The van der Waals surface area contributed by atoms with Gasteiger partial charge in [-0.3, -0.25) is 0 Å². The van der Waals surface area contributed by atoms with Crippen molar-refractivity contribution >= 4 is 22.7 Å². The van der Waals surface area contributed by atoms with Crippen molar-refractivity contribution in [1.82, 2.24) is 19.9 Å². The lowest BCUT2D eigenvalue weighted by Gasteiger charge is -2.34. The number of nitrogens with one attached hydrogen (secondary N) is 2. The van der Waals surface area contributed by atoms with Gasteiger partial charge in [0.2, 0.25) is 5.95 Å². The van der Waals surface area contributed by atoms with Crippen molar-refractivity contribution in [3.63, 3.8) is 0 Å². The van der Waals surface area contributed by atoms with Gasteiger partial charge < -0.3 is 20.1 Å². The van der Waals surface area contributed by atoms with Crippen LogP contribution in [0.25, 0.3) is 10.9 Å². The molecule has 6 nitrogen and oxygen atoms in total. The highest BCUT2D eigenvalue weighted by molar-refractivity contribution is 5.83. The molecule has 1 saturated heterocycles. The van der Waals surface area contributed by atoms with E-state index in [0.717, 1.165) is 63.1 Å². The first kappa shape index (κ1) is 17.8. The molecule has 1 aliphatic heterocycles. The number of aryl methyl sites for hydroxylation is 1. The fraction of sp³-hybridized carbons (Fsp3) is 0.429. The number of fused-ring (bicyclic) bond motifs is 1. The first-order valence-corrected chi connectivity index (χ1v) is 9.85. The topological polar surface area (TPSA) is 60.1 Å². The molecule has 1 fully saturated rings. The second-order valence-corrected chi connectivity index (χ2v) is 7.15. The van der Waals surface area contributed by atoms with Gasteiger partial charge >= 0.3 is 0 Å². The number of aromatic nitrogens is 3. The molecule has 0 atom stereocenters. The second-order valence-electron chi connectivity index (χ2n) is 7.15. The zero-order valence-corrected chi connectivity index (χ0v) is 16.2. The molecular weight excluding hydrogens is 336 g/mol. The molecule has 0 bridgehead atoms. The molecule has 0 amide bonds. The van der Waals surface area contributed by atoms with Crippen molar-refractivity contribution in [1.29, 1.82) is 0 Å². The van der Waals surface area contributed by atoms with Crippen LogP contribution in [0.2, 0.25) is 0 Å². The standard InChI is InChI=1S/C21H28N6/c1-3-26-10-12-27(13-11-26)20-14-16(2)24-21(25-20)22-9-8-17-15-23-19-7-5-4-6-18(17)19/h4-7,14-15,23H,3,8-13H2,1-2H3,(H,22,24,25). The van der Waals surface area contributed by atoms with Crippen molar-refractivity contribution < 1.29 is 0 Å². The minimum absolute atomic E-state index is 0.725. The molecule has 0 saturated carbocycles. The molecule has 2 N–H and O–H groups in total. The maximum absolute atomic E-state index is 4.77. The minimum Gasteiger partial charge on any atom is -0.361 e. The number of hydrogen-bond acceptors (Lipinski definition) is 5. The van der Waals surface area contributed by atoms with Gasteiger partial charge in [0.15, 0.2) is 0 Å². The van der Waals surface area contributed by atoms with Gasteiger partial charge in [-0.2, -0.15) is 4.98 Å². The van der Waals surface area contributed by atoms with Crippen molar-refractivity contribution in [3.05, 3.63) is 47.8 Å². The summed E-state index contributed by atoms with van der Waals surface area (Å²) in [5, 5.41) is 4.71. The Bertz CT molecular complexity index is 895. The third-order valence-corrected chi connectivity index (χ3v) is 5.34. The number of aromatic amines is 1. The van der Waals surface area contributed by atoms with Crippen LogP contribution < -0.4 is 10.2 Å². The van der Waals surface area contributed by atoms with E-state index in [2.05, 4.69) is 68.5 Å². The maximum Gasteiger partial charge on any atom is 0.224 e. The average molecular weight is 364 g/mol. The first-order chi connectivity index (χ1) is 13.2. The predicted octanol–water partition coefficient (Wildman–Crippen LogP) is 3.06. The highest BCUT2D eigenvalue weighted by Crippen LogP contribution is 2.19. The summed E-state index contributed by atoms with van der Waals surface area (Å²) in [4.78, 5) is 17.5. The monoisotopic (exact) mass is 364 g/mol. The van der Waals surface area contributed by atoms with Crippen LogP contribution >= 0.6 is 0 Å². The van der Waals surface area contributed by atoms with Crippen molar-refractivity contribution in [3.8, 4) is 0 Å². The van der Waals surface area contributed by atoms with Crippen LogP contribution in [0.1, 0.15) is 18.2 Å². The van der Waals surface area contributed by atoms with E-state index in [1.807, 2.05) is 6.92 Å². The van der Waals surface area contributed by atoms with Crippen molar-refractivity contribution in [2.24, 2.45) is 0 Å². The Labute approximate surface area is 160 Å². The lowest BCUT2D eigenvalue weighted by atomic mass is 10.1. The number of anilines is 2. The number of nitrogens with zero attached hydrogens (tertiary/aromatic N) is 4. The van der Waals surface area contributed by atoms with Gasteiger partial charge in [-0.25, -0.2) is 4.98 Å². The second kappa shape index (κ2) is 7.96. The van der Waals surface area contributed by atoms with Crippen LogP contribution in [0, 0.1) is 6.92 Å². The predicted molar refractivity (Wildman–Crippen MR) is 112 cm³/mol. The summed E-state index contributed by atoms with van der Waals surface area (Å²) >= 11 is 0. The zero-order valence-electron chi connectivity index (χ0n) is 16.2. The molecule has 27 heavy (non-hydrogen) atoms. The average Bonchev–Trinajstić information content (AvgIpc) is 3.11. The summed E-state index contributed by atoms with van der Waals surface area (Å²) in [5.41, 5.74) is 3.52. The van der Waals surface area contributed by atoms with Crippen LogP contribution in [0.4, 0.5) is 11.8 Å². The van der Waals surface area contributed by atoms with E-state index >= 15 is 0 Å². The van der Waals surface area contributed by atoms with Gasteiger partial charge in [0.05, 0.1) is 0 Å². The number of para-hydroxylation sites is 1. The fourth-order valence-electron chi connectivity index (χ4n) is 3.73. The van der Waals surface area contributed by atoms with Gasteiger partial charge in [0, 0.05) is 61.6 Å². The first-order valence-electron chi connectivity index (χ1n) is 9.85. The maximum atomic E-state index is 4.77. The van der Waals surface area contributed by atoms with Crippen LogP contribution in [0.5, 0.6) is 0 Å². The van der Waals surface area contributed by atoms with Gasteiger partial charge in [0.25, 0.3) is 0 Å². The van der Waals surface area contributed by atoms with Crippen molar-refractivity contribution in [2.75, 3.05) is 49.5 Å². The number of H-pyrrole nitrogens is 1. The lowest BCUT2D eigenvalue weighted by molar-refractivity contribution is 0.270. The molecule has 3 heterocycles. The highest BCUT2D eigenvalue weighted by Gasteiger charge is 2.17. The normalized spacial score (nSPS) is 15.4. The molecule has 0 spiro atoms. The summed E-state index contributed by atoms with van der Waals surface area (Å²) in [6, 6.07) is 10.5. The van der Waals surface area contributed by atoms with Gasteiger partial charge in [-0.15, -0.1) is 0 Å². The van der Waals surface area contributed by atoms with Crippen molar-refractivity contribution in [2.45, 2.75) is 20.3 Å². The number of likely N-dealkylation sites (N-methyl/N-ethyl adjacent to an activating group) is 1. The number of rotatable bonds is 6. The molecule has 4 rings (SSSR count). The van der Waals surface area contributed by atoms with Crippen LogP contribution in [-0.2, 0) is 6.42 Å². The molecule has 1 aromatic carbocycles. The van der Waals surface area contributed by atoms with E-state index in [4.69, 9.17) is 4.98 Å². The quantitative estimate of drug-likeness (QED) is 0.704. The Morgan fingerprint density at radius 3 is 2.74 bits per heavy atom. The Morgan fingerprint density at radius 1 is 1.11 bits per heavy atom. The zero-order chi connectivity index (χ0) is 18.6. The summed E-state index contributed by atoms with van der Waals surface area (Å²) in [6.45, 7) is 10.5. The Kier molecular flexibility index (Phi) is 5.25. The summed E-state index contributed by atoms with van der Waals surface area (Å²) in [5.74, 6) is 1.76. The number of hydrogen-bond donors (Lipinski definition) is 2. The third-order valence-electron chi connectivity index (χ3n) is 5.34. The number of piperazine rings is 1. The van der Waals surface area contributed by atoms with Gasteiger partial charge in [0.1, 0.15) is 5.82 Å². The van der Waals surface area contributed by atoms with E-state index in [-0.39, 0.29) is 0 Å². The largest absolute Gasteiger partial charge is 0.361 e. The SMILES string of the molecule is CCN1CCN(c2cc(C)nc(NCCc3c[nH]c4ccccc34)n2)CC1. The van der Waals surface area contributed by atoms with Crippen LogP contribution in [0.3, 0.4) is 0 Å². The Balaban J connectivity index is 1.40. The number of benzene rings is 1. The van der Waals surface area contributed by atoms with E-state index < -0.39 is 0 Å². The molecular formula is C21H28N6. The molecule has 0 aliphatic carbocycles. The highest BCUT2D eigenvalue weighted by atomic mass is 15.3. The molecule has 6 heteroatoms. The molecule has 1 aliphatic rings. The summed E-state index contributed by atoms with van der Waals surface area (Å²) < 4.78 is 0. The molecule has 2 aromatic heterocycles. The molecule has 0 unspecified atom stereocenters. The van der Waals surface area contributed by atoms with E-state index in [0.29, 0.717) is 0 Å². The lowest BCUT2D eigenvalue weighted by Crippen LogP contribution is -2.46. The fourth-order valence-corrected chi connectivity index (χ4v) is 3.73. The van der Waals surface area contributed by atoms with E-state index in [9.17, 15) is 0 Å². The Morgan fingerprint density at radius 2 is 1.93 bits per heavy atom. The van der Waals surface area contributed by atoms with E-state index in [1.54, 1.807) is 0 Å². The van der Waals surface area contributed by atoms with Crippen LogP contribution in [-0.4, -0.2) is 59.1 Å². The smallest absolute Gasteiger partial charge is 0.224 e. The minimum atomic E-state index is 0.725. The summed E-state index contributed by atoms with van der Waals surface area (Å²) in [6.07, 6.45) is 3.04. The molecule has 142 valence electrons. The van der Waals surface area contributed by atoms with Crippen LogP contribution in [0.15, 0.2) is 36.5 Å².